The van der Waals surface area contributed by atoms with Crippen LogP contribution in [0.15, 0.2) is 51.7 Å². The summed E-state index contributed by atoms with van der Waals surface area (Å²) in [5, 5.41) is 11.1. The largest absolute Gasteiger partial charge is 0.322 e. The number of pyridine rings is 1. The molecule has 26 heavy (non-hydrogen) atoms. The highest BCUT2D eigenvalue weighted by molar-refractivity contribution is 9.10. The van der Waals surface area contributed by atoms with Gasteiger partial charge >= 0.3 is 0 Å². The zero-order valence-electron chi connectivity index (χ0n) is 14.8. The topological polar surface area (TPSA) is 56.6 Å². The molecule has 0 bridgehead atoms. The average Bonchev–Trinajstić information content (AvgIpc) is 3.05. The third-order valence-electron chi connectivity index (χ3n) is 5.74. The van der Waals surface area contributed by atoms with Crippen molar-refractivity contribution in [2.45, 2.75) is 38.0 Å². The van der Waals surface area contributed by atoms with Gasteiger partial charge in [-0.25, -0.2) is 0 Å². The van der Waals surface area contributed by atoms with Gasteiger partial charge in [-0.2, -0.15) is 5.26 Å². The number of H-pyrrole nitrogens is 1. The number of nitriles is 1. The molecule has 0 radical (unpaired) electrons. The van der Waals surface area contributed by atoms with E-state index in [4.69, 9.17) is 0 Å². The van der Waals surface area contributed by atoms with Crippen LogP contribution in [0.3, 0.4) is 0 Å². The second-order valence-electron chi connectivity index (χ2n) is 7.33. The normalized spacial score (nSPS) is 18.3. The molecule has 0 amide bonds. The molecular weight excluding hydrogens is 388 g/mol. The fraction of sp³-hybridized carbons (Fsp3) is 0.273. The van der Waals surface area contributed by atoms with Crippen molar-refractivity contribution in [2.24, 2.45) is 0 Å². The number of hydrogen-bond donors (Lipinski definition) is 1. The molecule has 3 nitrogen and oxygen atoms in total. The minimum atomic E-state index is -0.644. The Morgan fingerprint density at radius 2 is 2.04 bits per heavy atom. The standard InChI is InChI=1S/C22H19BrN2O/c1-13-9-15-3-5-16(11-20(15)25-21(13)26)22(2,12-24)19-8-4-14-10-17(23)6-7-18(14)19/h3,5-7,9-11,19H,4,8H2,1-2H3,(H,25,26)/t19-,22+/m0/s1. The molecule has 1 aliphatic carbocycles. The fourth-order valence-corrected chi connectivity index (χ4v) is 4.57. The van der Waals surface area contributed by atoms with E-state index in [1.165, 1.54) is 11.1 Å². The lowest BCUT2D eigenvalue weighted by Gasteiger charge is -2.30. The third-order valence-corrected chi connectivity index (χ3v) is 6.24. The van der Waals surface area contributed by atoms with Gasteiger partial charge in [0.15, 0.2) is 0 Å². The minimum absolute atomic E-state index is 0.0793. The van der Waals surface area contributed by atoms with Crippen molar-refractivity contribution in [3.05, 3.63) is 79.5 Å². The van der Waals surface area contributed by atoms with Crippen molar-refractivity contribution in [1.29, 1.82) is 5.26 Å². The van der Waals surface area contributed by atoms with Crippen LogP contribution < -0.4 is 5.56 Å². The first-order valence-corrected chi connectivity index (χ1v) is 9.55. The lowest BCUT2D eigenvalue weighted by molar-refractivity contribution is 0.470. The zero-order valence-corrected chi connectivity index (χ0v) is 16.4. The summed E-state index contributed by atoms with van der Waals surface area (Å²) in [6, 6.07) is 16.8. The molecule has 0 spiro atoms. The Labute approximate surface area is 160 Å². The van der Waals surface area contributed by atoms with Gasteiger partial charge in [-0.15, -0.1) is 0 Å². The number of hydrogen-bond acceptors (Lipinski definition) is 2. The van der Waals surface area contributed by atoms with Crippen LogP contribution in [0.1, 0.15) is 41.5 Å². The molecule has 1 N–H and O–H groups in total. The summed E-state index contributed by atoms with van der Waals surface area (Å²) >= 11 is 3.54. The van der Waals surface area contributed by atoms with Crippen LogP contribution in [0.25, 0.3) is 10.9 Å². The summed E-state index contributed by atoms with van der Waals surface area (Å²) in [6.45, 7) is 3.82. The monoisotopic (exact) mass is 406 g/mol. The summed E-state index contributed by atoms with van der Waals surface area (Å²) in [5.41, 5.74) is 4.29. The van der Waals surface area contributed by atoms with Crippen LogP contribution >= 0.6 is 15.9 Å². The smallest absolute Gasteiger partial charge is 0.251 e. The van der Waals surface area contributed by atoms with E-state index in [0.29, 0.717) is 5.56 Å². The highest BCUT2D eigenvalue weighted by Crippen LogP contribution is 2.47. The third kappa shape index (κ3) is 2.59. The quantitative estimate of drug-likeness (QED) is 0.642. The van der Waals surface area contributed by atoms with Gasteiger partial charge in [0.1, 0.15) is 0 Å². The van der Waals surface area contributed by atoms with Gasteiger partial charge in [0.25, 0.3) is 5.56 Å². The molecule has 2 atom stereocenters. The predicted octanol–water partition coefficient (Wildman–Crippen LogP) is 5.11. The highest BCUT2D eigenvalue weighted by Gasteiger charge is 2.41. The summed E-state index contributed by atoms with van der Waals surface area (Å²) < 4.78 is 1.08. The maximum absolute atomic E-state index is 12.0. The fourth-order valence-electron chi connectivity index (χ4n) is 4.16. The Bertz CT molecular complexity index is 1130. The number of nitrogens with one attached hydrogen (secondary N) is 1. The Morgan fingerprint density at radius 1 is 1.23 bits per heavy atom. The van der Waals surface area contributed by atoms with E-state index in [1.54, 1.807) is 6.92 Å². The number of nitrogens with zero attached hydrogens (tertiary/aromatic N) is 1. The molecule has 0 fully saturated rings. The van der Waals surface area contributed by atoms with E-state index < -0.39 is 5.41 Å². The summed E-state index contributed by atoms with van der Waals surface area (Å²) in [7, 11) is 0. The molecule has 1 aliphatic rings. The van der Waals surface area contributed by atoms with E-state index in [-0.39, 0.29) is 11.5 Å². The first-order valence-electron chi connectivity index (χ1n) is 8.76. The molecule has 1 heterocycles. The van der Waals surface area contributed by atoms with E-state index in [1.807, 2.05) is 31.2 Å². The first-order chi connectivity index (χ1) is 12.4. The second-order valence-corrected chi connectivity index (χ2v) is 8.25. The van der Waals surface area contributed by atoms with Crippen LogP contribution in [0.4, 0.5) is 0 Å². The minimum Gasteiger partial charge on any atom is -0.322 e. The van der Waals surface area contributed by atoms with Gasteiger partial charge in [0, 0.05) is 21.5 Å². The average molecular weight is 407 g/mol. The molecule has 4 heteroatoms. The molecule has 4 rings (SSSR count). The lowest BCUT2D eigenvalue weighted by atomic mass is 9.70. The summed E-state index contributed by atoms with van der Waals surface area (Å²) in [4.78, 5) is 14.9. The van der Waals surface area contributed by atoms with Gasteiger partial charge in [-0.3, -0.25) is 4.79 Å². The number of benzene rings is 2. The van der Waals surface area contributed by atoms with E-state index in [0.717, 1.165) is 33.8 Å². The van der Waals surface area contributed by atoms with Gasteiger partial charge < -0.3 is 4.98 Å². The van der Waals surface area contributed by atoms with Crippen molar-refractivity contribution < 1.29 is 0 Å². The van der Waals surface area contributed by atoms with Gasteiger partial charge in [0.2, 0.25) is 0 Å². The van der Waals surface area contributed by atoms with E-state index in [2.05, 4.69) is 45.2 Å². The van der Waals surface area contributed by atoms with Gasteiger partial charge in [0.05, 0.1) is 11.5 Å². The van der Waals surface area contributed by atoms with E-state index >= 15 is 0 Å². The Hall–Kier alpha value is -2.38. The Morgan fingerprint density at radius 3 is 2.81 bits per heavy atom. The zero-order chi connectivity index (χ0) is 18.5. The molecule has 0 unspecified atom stereocenters. The van der Waals surface area contributed by atoms with Crippen molar-refractivity contribution in [2.75, 3.05) is 0 Å². The number of rotatable bonds is 2. The van der Waals surface area contributed by atoms with Crippen LogP contribution in [0, 0.1) is 18.3 Å². The highest BCUT2D eigenvalue weighted by atomic mass is 79.9. The van der Waals surface area contributed by atoms with Crippen LogP contribution in [-0.2, 0) is 11.8 Å². The number of aryl methyl sites for hydroxylation is 2. The SMILES string of the molecule is Cc1cc2ccc([C@@](C)(C#N)[C@H]3CCc4cc(Br)ccc43)cc2[nH]c1=O. The maximum atomic E-state index is 12.0. The number of fused-ring (bicyclic) bond motifs is 2. The van der Waals surface area contributed by atoms with Crippen LogP contribution in [0.2, 0.25) is 0 Å². The molecule has 2 aromatic carbocycles. The molecule has 130 valence electrons. The second kappa shape index (κ2) is 6.10. The van der Waals surface area contributed by atoms with Crippen molar-refractivity contribution in [3.63, 3.8) is 0 Å². The number of halogens is 1. The maximum Gasteiger partial charge on any atom is 0.251 e. The molecule has 0 saturated carbocycles. The first kappa shape index (κ1) is 17.1. The lowest BCUT2D eigenvalue weighted by Crippen LogP contribution is -2.27. The van der Waals surface area contributed by atoms with Gasteiger partial charge in [-0.1, -0.05) is 34.1 Å². The van der Waals surface area contributed by atoms with Gasteiger partial charge in [-0.05, 0) is 73.0 Å². The summed E-state index contributed by atoms with van der Waals surface area (Å²) in [6.07, 6.45) is 1.94. The van der Waals surface area contributed by atoms with Crippen LogP contribution in [0.5, 0.6) is 0 Å². The Balaban J connectivity index is 1.85. The number of aromatic nitrogens is 1. The number of aromatic amines is 1. The molecule has 0 aliphatic heterocycles. The van der Waals surface area contributed by atoms with Crippen molar-refractivity contribution in [1.82, 2.24) is 4.98 Å². The van der Waals surface area contributed by atoms with Crippen LogP contribution in [-0.4, -0.2) is 4.98 Å². The predicted molar refractivity (Wildman–Crippen MR) is 107 cm³/mol. The molecule has 3 aromatic rings. The van der Waals surface area contributed by atoms with Crippen molar-refractivity contribution >= 4 is 26.8 Å². The summed E-state index contributed by atoms with van der Waals surface area (Å²) in [5.74, 6) is 0.144. The Kier molecular flexibility index (Phi) is 4.00. The van der Waals surface area contributed by atoms with E-state index in [9.17, 15) is 10.1 Å². The van der Waals surface area contributed by atoms with Crippen molar-refractivity contribution in [3.8, 4) is 6.07 Å². The molecular formula is C22H19BrN2O. The molecule has 1 aromatic heterocycles. The molecule has 0 saturated heterocycles.